The van der Waals surface area contributed by atoms with Gasteiger partial charge in [0.05, 0.1) is 12.1 Å². The molecule has 0 saturated heterocycles. The summed E-state index contributed by atoms with van der Waals surface area (Å²) < 4.78 is 10.4. The lowest BCUT2D eigenvalue weighted by Gasteiger charge is -2.12. The molecule has 0 atom stereocenters. The van der Waals surface area contributed by atoms with Crippen LogP contribution in [-0.4, -0.2) is 11.0 Å². The maximum atomic E-state index is 10.4. The third kappa shape index (κ3) is 25.7. The Bertz CT molecular complexity index is 181. The van der Waals surface area contributed by atoms with Gasteiger partial charge in [-0.15, -0.1) is 0 Å². The van der Waals surface area contributed by atoms with Crippen molar-refractivity contribution in [1.29, 1.82) is 0 Å². The second kappa shape index (κ2) is 13.8. The number of aliphatic hydroxyl groups is 1. The van der Waals surface area contributed by atoms with Crippen LogP contribution in [-0.2, 0) is 0 Å². The predicted molar refractivity (Wildman–Crippen MR) is 77.7 cm³/mol. The van der Waals surface area contributed by atoms with E-state index < -0.39 is 5.94 Å². The Morgan fingerprint density at radius 3 is 1.71 bits per heavy atom. The highest BCUT2D eigenvalue weighted by molar-refractivity contribution is 7.94. The van der Waals surface area contributed by atoms with Gasteiger partial charge in [-0.2, -0.15) is 3.89 Å². The highest BCUT2D eigenvalue weighted by atomic mass is 32.2. The number of hydrogen-bond acceptors (Lipinski definition) is 2. The third-order valence-corrected chi connectivity index (χ3v) is 2.31. The maximum absolute atomic E-state index is 10.4. The first-order chi connectivity index (χ1) is 7.97. The zero-order chi connectivity index (χ0) is 13.6. The normalized spacial score (nSPS) is 14.0. The number of aliphatic hydroxyl groups excluding tert-OH is 1. The molecule has 0 heterocycles. The van der Waals surface area contributed by atoms with E-state index in [1.807, 2.05) is 0 Å². The van der Waals surface area contributed by atoms with Crippen molar-refractivity contribution in [3.05, 3.63) is 24.3 Å². The molecule has 0 aromatic rings. The summed E-state index contributed by atoms with van der Waals surface area (Å²) in [7, 11) is 0. The first-order valence-corrected chi connectivity index (χ1v) is 7.01. The standard InChI is InChI=1S/C7H10.C6H14.CH3FOS/c1-2-4-6-7-5-3-1;1-5-6(2,3)4;2-4-1-3/h1-2,5,7H,3-4,6H2;5H2,1-4H3;3H,1H2. The van der Waals surface area contributed by atoms with Gasteiger partial charge in [0.15, 0.2) is 0 Å². The van der Waals surface area contributed by atoms with E-state index in [2.05, 4.69) is 52.0 Å². The zero-order valence-electron chi connectivity index (χ0n) is 11.6. The van der Waals surface area contributed by atoms with E-state index in [4.69, 9.17) is 5.11 Å². The Balaban J connectivity index is 0. The first kappa shape index (κ1) is 19.1. The van der Waals surface area contributed by atoms with E-state index in [0.717, 1.165) is 6.42 Å². The van der Waals surface area contributed by atoms with Crippen molar-refractivity contribution in [2.24, 2.45) is 5.41 Å². The average Bonchev–Trinajstić information content (AvgIpc) is 2.61. The lowest BCUT2D eigenvalue weighted by atomic mass is 9.94. The molecule has 0 spiro atoms. The summed E-state index contributed by atoms with van der Waals surface area (Å²) >= 11 is -0.0880. The summed E-state index contributed by atoms with van der Waals surface area (Å²) in [6, 6.07) is 0. The Labute approximate surface area is 110 Å². The van der Waals surface area contributed by atoms with Gasteiger partial charge in [-0.3, -0.25) is 0 Å². The van der Waals surface area contributed by atoms with Crippen LogP contribution in [0.4, 0.5) is 3.89 Å². The Morgan fingerprint density at radius 1 is 1.12 bits per heavy atom. The van der Waals surface area contributed by atoms with Gasteiger partial charge in [-0.25, -0.2) is 0 Å². The molecule has 0 amide bonds. The third-order valence-electron chi connectivity index (χ3n) is 2.21. The van der Waals surface area contributed by atoms with Crippen molar-refractivity contribution in [2.75, 3.05) is 5.94 Å². The summed E-state index contributed by atoms with van der Waals surface area (Å²) in [6.07, 6.45) is 13.8. The number of hydrogen-bond donors (Lipinski definition) is 1. The fourth-order valence-corrected chi connectivity index (χ4v) is 0.699. The second-order valence-corrected chi connectivity index (χ2v) is 5.38. The van der Waals surface area contributed by atoms with E-state index in [1.54, 1.807) is 0 Å². The van der Waals surface area contributed by atoms with Crippen LogP contribution in [0, 0.1) is 5.41 Å². The van der Waals surface area contributed by atoms with Crippen LogP contribution in [0.15, 0.2) is 24.3 Å². The molecule has 0 saturated carbocycles. The SMILES string of the molecule is C1=CCCC=CC1.CCC(C)(C)C.OCSF. The molecule has 0 aromatic heterocycles. The number of rotatable bonds is 1. The summed E-state index contributed by atoms with van der Waals surface area (Å²) in [5, 5.41) is 7.46. The minimum atomic E-state index is -0.431. The van der Waals surface area contributed by atoms with Crippen LogP contribution in [0.25, 0.3) is 0 Å². The van der Waals surface area contributed by atoms with E-state index >= 15 is 0 Å². The average molecular weight is 262 g/mol. The first-order valence-electron chi connectivity index (χ1n) is 6.12. The van der Waals surface area contributed by atoms with Crippen LogP contribution in [0.2, 0.25) is 0 Å². The van der Waals surface area contributed by atoms with Crippen molar-refractivity contribution in [2.45, 2.75) is 53.4 Å². The smallest absolute Gasteiger partial charge is 0.120 e. The fourth-order valence-electron chi connectivity index (χ4n) is 0.699. The minimum absolute atomic E-state index is 0.0880. The predicted octanol–water partition coefficient (Wildman–Crippen LogP) is 5.28. The molecular formula is C14H27FOS. The van der Waals surface area contributed by atoms with Gasteiger partial charge in [-0.1, -0.05) is 58.4 Å². The van der Waals surface area contributed by atoms with Gasteiger partial charge in [0.2, 0.25) is 0 Å². The van der Waals surface area contributed by atoms with Gasteiger partial charge in [0.25, 0.3) is 0 Å². The molecule has 1 N–H and O–H groups in total. The molecule has 1 rings (SSSR count). The molecule has 17 heavy (non-hydrogen) atoms. The van der Waals surface area contributed by atoms with Crippen molar-refractivity contribution in [3.63, 3.8) is 0 Å². The highest BCUT2D eigenvalue weighted by Crippen LogP contribution is 2.16. The van der Waals surface area contributed by atoms with Gasteiger partial charge < -0.3 is 5.11 Å². The molecule has 0 unspecified atom stereocenters. The quantitative estimate of drug-likeness (QED) is 0.512. The molecule has 0 aliphatic heterocycles. The Morgan fingerprint density at radius 2 is 1.47 bits per heavy atom. The molecule has 1 aliphatic carbocycles. The molecule has 0 fully saturated rings. The lowest BCUT2D eigenvalue weighted by Crippen LogP contribution is -2.00. The zero-order valence-corrected chi connectivity index (χ0v) is 12.4. The molecular weight excluding hydrogens is 235 g/mol. The second-order valence-electron chi connectivity index (χ2n) is 4.91. The van der Waals surface area contributed by atoms with Crippen LogP contribution in [0.1, 0.15) is 53.4 Å². The molecule has 3 heteroatoms. The summed E-state index contributed by atoms with van der Waals surface area (Å²) in [4.78, 5) is 0. The maximum Gasteiger partial charge on any atom is 0.120 e. The van der Waals surface area contributed by atoms with Crippen molar-refractivity contribution >= 4 is 12.1 Å². The molecule has 1 aliphatic rings. The van der Waals surface area contributed by atoms with Crippen LogP contribution in [0.5, 0.6) is 0 Å². The van der Waals surface area contributed by atoms with Gasteiger partial charge in [0, 0.05) is 0 Å². The molecule has 102 valence electrons. The molecule has 0 bridgehead atoms. The van der Waals surface area contributed by atoms with E-state index in [9.17, 15) is 3.89 Å². The van der Waals surface area contributed by atoms with Crippen molar-refractivity contribution in [1.82, 2.24) is 0 Å². The van der Waals surface area contributed by atoms with Crippen molar-refractivity contribution in [3.8, 4) is 0 Å². The van der Waals surface area contributed by atoms with Crippen LogP contribution >= 0.6 is 12.1 Å². The van der Waals surface area contributed by atoms with Crippen LogP contribution < -0.4 is 0 Å². The Hall–Kier alpha value is -0.280. The fraction of sp³-hybridized carbons (Fsp3) is 0.714. The van der Waals surface area contributed by atoms with Gasteiger partial charge >= 0.3 is 0 Å². The molecule has 1 nitrogen and oxygen atoms in total. The summed E-state index contributed by atoms with van der Waals surface area (Å²) in [6.45, 7) is 8.94. The highest BCUT2D eigenvalue weighted by Gasteiger charge is 2.03. The summed E-state index contributed by atoms with van der Waals surface area (Å²) in [5.74, 6) is -0.431. The van der Waals surface area contributed by atoms with E-state index in [1.165, 1.54) is 19.3 Å². The Kier molecular flexibility index (Phi) is 15.5. The topological polar surface area (TPSA) is 20.2 Å². The molecule has 0 aromatic carbocycles. The van der Waals surface area contributed by atoms with E-state index in [-0.39, 0.29) is 12.1 Å². The lowest BCUT2D eigenvalue weighted by molar-refractivity contribution is 0.372. The van der Waals surface area contributed by atoms with Crippen LogP contribution in [0.3, 0.4) is 0 Å². The molecule has 0 radical (unpaired) electrons. The van der Waals surface area contributed by atoms with Crippen molar-refractivity contribution < 1.29 is 8.99 Å². The monoisotopic (exact) mass is 262 g/mol. The number of allylic oxidation sites excluding steroid dienone is 4. The van der Waals surface area contributed by atoms with E-state index in [0.29, 0.717) is 5.41 Å². The number of halogens is 1. The van der Waals surface area contributed by atoms with Gasteiger partial charge in [-0.05, 0) is 24.7 Å². The summed E-state index contributed by atoms with van der Waals surface area (Å²) in [5.41, 5.74) is 0.542. The minimum Gasteiger partial charge on any atom is -0.383 e. The van der Waals surface area contributed by atoms with Gasteiger partial charge in [0.1, 0.15) is 5.94 Å². The largest absolute Gasteiger partial charge is 0.383 e.